The minimum absolute atomic E-state index is 0.0286. The van der Waals surface area contributed by atoms with Crippen molar-refractivity contribution in [2.75, 3.05) is 5.32 Å². The highest BCUT2D eigenvalue weighted by Crippen LogP contribution is 2.51. The summed E-state index contributed by atoms with van der Waals surface area (Å²) >= 11 is 0. The number of nitrogens with one attached hydrogen (secondary N) is 1. The lowest BCUT2D eigenvalue weighted by Gasteiger charge is -2.21. The second-order valence-electron chi connectivity index (χ2n) is 7.97. The molecule has 1 heteroatoms. The largest absolute Gasteiger partial charge is 0.355 e. The summed E-state index contributed by atoms with van der Waals surface area (Å²) in [4.78, 5) is 0. The van der Waals surface area contributed by atoms with E-state index in [4.69, 9.17) is 0 Å². The molecular weight excluding hydrogens is 338 g/mol. The number of fused-ring (bicyclic) bond motifs is 3. The summed E-state index contributed by atoms with van der Waals surface area (Å²) in [6.45, 7) is 4.63. The van der Waals surface area contributed by atoms with Crippen LogP contribution in [0, 0.1) is 0 Å². The fourth-order valence-electron chi connectivity index (χ4n) is 4.39. The second-order valence-corrected chi connectivity index (χ2v) is 7.97. The quantitative estimate of drug-likeness (QED) is 0.401. The Hall–Kier alpha value is -3.32. The molecular formula is C27H23N. The first-order chi connectivity index (χ1) is 13.6. The molecule has 0 fully saturated rings. The molecule has 0 heterocycles. The molecule has 0 bridgehead atoms. The maximum absolute atomic E-state index is 3.66. The average Bonchev–Trinajstić information content (AvgIpc) is 2.98. The Bertz CT molecular complexity index is 1140. The Balaban J connectivity index is 1.53. The predicted octanol–water partition coefficient (Wildman–Crippen LogP) is 7.40. The van der Waals surface area contributed by atoms with E-state index in [1.165, 1.54) is 39.1 Å². The van der Waals surface area contributed by atoms with Gasteiger partial charge in [0.05, 0.1) is 0 Å². The molecule has 0 aromatic heterocycles. The summed E-state index contributed by atoms with van der Waals surface area (Å²) in [5, 5.41) is 3.66. The lowest BCUT2D eigenvalue weighted by Crippen LogP contribution is -2.14. The fourth-order valence-corrected chi connectivity index (χ4v) is 4.39. The number of anilines is 2. The lowest BCUT2D eigenvalue weighted by molar-refractivity contribution is 0.660. The Morgan fingerprint density at radius 2 is 1.21 bits per heavy atom. The maximum Gasteiger partial charge on any atom is 0.0467 e. The Morgan fingerprint density at radius 1 is 0.571 bits per heavy atom. The van der Waals surface area contributed by atoms with Gasteiger partial charge < -0.3 is 5.32 Å². The zero-order valence-electron chi connectivity index (χ0n) is 16.2. The highest BCUT2D eigenvalue weighted by molar-refractivity contribution is 5.91. The van der Waals surface area contributed by atoms with Crippen molar-refractivity contribution in [2.45, 2.75) is 19.3 Å². The Kier molecular flexibility index (Phi) is 3.84. The maximum atomic E-state index is 3.66. The van der Waals surface area contributed by atoms with Crippen LogP contribution in [-0.2, 0) is 5.41 Å². The second kappa shape index (κ2) is 6.38. The van der Waals surface area contributed by atoms with E-state index in [-0.39, 0.29) is 5.41 Å². The average molecular weight is 361 g/mol. The van der Waals surface area contributed by atoms with Gasteiger partial charge in [-0.15, -0.1) is 0 Å². The van der Waals surface area contributed by atoms with E-state index >= 15 is 0 Å². The van der Waals surface area contributed by atoms with Crippen LogP contribution in [0.2, 0.25) is 0 Å². The summed E-state index contributed by atoms with van der Waals surface area (Å²) in [5.74, 6) is 0. The van der Waals surface area contributed by atoms with Gasteiger partial charge in [0.15, 0.2) is 0 Å². The van der Waals surface area contributed by atoms with Gasteiger partial charge in [-0.05, 0) is 46.0 Å². The molecule has 0 atom stereocenters. The van der Waals surface area contributed by atoms with Gasteiger partial charge in [-0.1, -0.05) is 92.7 Å². The van der Waals surface area contributed by atoms with E-state index < -0.39 is 0 Å². The highest BCUT2D eigenvalue weighted by Gasteiger charge is 2.36. The number of rotatable bonds is 3. The molecule has 1 N–H and O–H groups in total. The predicted molar refractivity (Wildman–Crippen MR) is 119 cm³/mol. The number of benzene rings is 4. The van der Waals surface area contributed by atoms with Gasteiger partial charge in [-0.25, -0.2) is 0 Å². The van der Waals surface area contributed by atoms with Crippen molar-refractivity contribution in [2.24, 2.45) is 0 Å². The van der Waals surface area contributed by atoms with E-state index in [9.17, 15) is 0 Å². The third-order valence-electron chi connectivity index (χ3n) is 5.88. The summed E-state index contributed by atoms with van der Waals surface area (Å²) < 4.78 is 0. The normalized spacial score (nSPS) is 13.6. The van der Waals surface area contributed by atoms with Crippen LogP contribution in [0.3, 0.4) is 0 Å². The first-order valence-corrected chi connectivity index (χ1v) is 9.80. The minimum Gasteiger partial charge on any atom is -0.355 e. The van der Waals surface area contributed by atoms with Crippen molar-refractivity contribution in [1.29, 1.82) is 0 Å². The van der Waals surface area contributed by atoms with Crippen molar-refractivity contribution in [3.63, 3.8) is 0 Å². The summed E-state index contributed by atoms with van der Waals surface area (Å²) in [6, 6.07) is 34.6. The van der Waals surface area contributed by atoms with Crippen LogP contribution in [-0.4, -0.2) is 0 Å². The molecule has 4 aromatic rings. The first kappa shape index (κ1) is 16.8. The zero-order chi connectivity index (χ0) is 19.1. The van der Waals surface area contributed by atoms with Crippen molar-refractivity contribution in [1.82, 2.24) is 0 Å². The van der Waals surface area contributed by atoms with Crippen molar-refractivity contribution < 1.29 is 0 Å². The molecule has 1 nitrogen and oxygen atoms in total. The van der Waals surface area contributed by atoms with Crippen LogP contribution < -0.4 is 5.32 Å². The van der Waals surface area contributed by atoms with E-state index in [1.807, 2.05) is 0 Å². The van der Waals surface area contributed by atoms with Crippen LogP contribution >= 0.6 is 0 Å². The van der Waals surface area contributed by atoms with Crippen LogP contribution in [0.1, 0.15) is 25.0 Å². The standard InChI is InChI=1S/C27H23N/c1-27(2)23-12-7-6-11-22(23)26-24(27)13-8-14-25(26)28-21-17-15-20(16-18-21)19-9-4-3-5-10-19/h3-18,28H,1-2H3. The van der Waals surface area contributed by atoms with E-state index in [2.05, 4.69) is 116 Å². The number of hydrogen-bond donors (Lipinski definition) is 1. The molecule has 0 saturated heterocycles. The minimum atomic E-state index is 0.0286. The van der Waals surface area contributed by atoms with E-state index in [0.717, 1.165) is 5.69 Å². The van der Waals surface area contributed by atoms with Gasteiger partial charge in [-0.2, -0.15) is 0 Å². The van der Waals surface area contributed by atoms with E-state index in [1.54, 1.807) is 0 Å². The van der Waals surface area contributed by atoms with Gasteiger partial charge in [0.25, 0.3) is 0 Å². The molecule has 0 spiro atoms. The van der Waals surface area contributed by atoms with Gasteiger partial charge in [0, 0.05) is 22.4 Å². The smallest absolute Gasteiger partial charge is 0.0467 e. The third kappa shape index (κ3) is 2.63. The molecule has 4 aromatic carbocycles. The molecule has 136 valence electrons. The summed E-state index contributed by atoms with van der Waals surface area (Å²) in [5.41, 5.74) is 10.2. The summed E-state index contributed by atoms with van der Waals surface area (Å²) in [6.07, 6.45) is 0. The van der Waals surface area contributed by atoms with Crippen LogP contribution in [0.15, 0.2) is 97.1 Å². The molecule has 5 rings (SSSR count). The molecule has 0 radical (unpaired) electrons. The monoisotopic (exact) mass is 361 g/mol. The molecule has 1 aliphatic carbocycles. The molecule has 0 unspecified atom stereocenters. The van der Waals surface area contributed by atoms with Gasteiger partial charge in [0.2, 0.25) is 0 Å². The number of hydrogen-bond acceptors (Lipinski definition) is 1. The molecule has 0 saturated carbocycles. The SMILES string of the molecule is CC1(C)c2ccccc2-c2c(Nc3ccc(-c4ccccc4)cc3)cccc21. The van der Waals surface area contributed by atoms with Gasteiger partial charge >= 0.3 is 0 Å². The van der Waals surface area contributed by atoms with Crippen LogP contribution in [0.25, 0.3) is 22.3 Å². The zero-order valence-corrected chi connectivity index (χ0v) is 16.2. The Morgan fingerprint density at radius 3 is 2.00 bits per heavy atom. The van der Waals surface area contributed by atoms with Crippen molar-refractivity contribution in [3.05, 3.63) is 108 Å². The van der Waals surface area contributed by atoms with Gasteiger partial charge in [0.1, 0.15) is 0 Å². The molecule has 0 amide bonds. The first-order valence-electron chi connectivity index (χ1n) is 9.80. The van der Waals surface area contributed by atoms with Crippen molar-refractivity contribution in [3.8, 4) is 22.3 Å². The molecule has 1 aliphatic rings. The van der Waals surface area contributed by atoms with E-state index in [0.29, 0.717) is 0 Å². The van der Waals surface area contributed by atoms with Crippen LogP contribution in [0.5, 0.6) is 0 Å². The van der Waals surface area contributed by atoms with Crippen molar-refractivity contribution >= 4 is 11.4 Å². The summed E-state index contributed by atoms with van der Waals surface area (Å²) in [7, 11) is 0. The van der Waals surface area contributed by atoms with Gasteiger partial charge in [-0.3, -0.25) is 0 Å². The molecule has 28 heavy (non-hydrogen) atoms. The third-order valence-corrected chi connectivity index (χ3v) is 5.88. The Labute approximate surface area is 166 Å². The topological polar surface area (TPSA) is 12.0 Å². The molecule has 0 aliphatic heterocycles. The highest BCUT2D eigenvalue weighted by atomic mass is 14.9. The fraction of sp³-hybridized carbons (Fsp3) is 0.111. The van der Waals surface area contributed by atoms with Crippen LogP contribution in [0.4, 0.5) is 11.4 Å². The lowest BCUT2D eigenvalue weighted by atomic mass is 9.82.